The number of hydrogen-bond acceptors (Lipinski definition) is 3. The van der Waals surface area contributed by atoms with Crippen LogP contribution in [0.2, 0.25) is 5.02 Å². The minimum atomic E-state index is 0.121. The first-order valence-corrected chi connectivity index (χ1v) is 7.23. The third-order valence-electron chi connectivity index (χ3n) is 3.70. The molecular formula is C16H18ClNO2. The Labute approximate surface area is 123 Å². The van der Waals surface area contributed by atoms with Crippen LogP contribution in [-0.2, 0) is 12.8 Å². The van der Waals surface area contributed by atoms with Crippen LogP contribution in [0.25, 0.3) is 0 Å². The first kappa shape index (κ1) is 13.5. The second-order valence-corrected chi connectivity index (χ2v) is 5.58. The summed E-state index contributed by atoms with van der Waals surface area (Å²) in [5.41, 5.74) is 2.34. The van der Waals surface area contributed by atoms with Gasteiger partial charge in [0.15, 0.2) is 0 Å². The molecule has 0 fully saturated rings. The Bertz CT molecular complexity index is 621. The van der Waals surface area contributed by atoms with Crippen molar-refractivity contribution in [2.24, 2.45) is 0 Å². The summed E-state index contributed by atoms with van der Waals surface area (Å²) in [5, 5.41) is 4.07. The van der Waals surface area contributed by atoms with Crippen molar-refractivity contribution in [3.05, 3.63) is 51.9 Å². The van der Waals surface area contributed by atoms with Gasteiger partial charge in [0.05, 0.1) is 12.6 Å². The van der Waals surface area contributed by atoms with Gasteiger partial charge in [0.25, 0.3) is 0 Å². The van der Waals surface area contributed by atoms with E-state index < -0.39 is 0 Å². The van der Waals surface area contributed by atoms with Gasteiger partial charge in [0, 0.05) is 11.4 Å². The zero-order chi connectivity index (χ0) is 14.1. The molecule has 1 aliphatic rings. The average Bonchev–Trinajstić information content (AvgIpc) is 3.04. The predicted molar refractivity (Wildman–Crippen MR) is 79.6 cm³/mol. The lowest BCUT2D eigenvalue weighted by Gasteiger charge is -2.16. The van der Waals surface area contributed by atoms with Crippen LogP contribution in [-0.4, -0.2) is 13.7 Å². The molecule has 0 bridgehead atoms. The number of furan rings is 1. The quantitative estimate of drug-likeness (QED) is 0.933. The topological polar surface area (TPSA) is 34.4 Å². The van der Waals surface area contributed by atoms with Crippen LogP contribution in [0.1, 0.15) is 28.7 Å². The molecule has 0 saturated heterocycles. The van der Waals surface area contributed by atoms with Crippen molar-refractivity contribution in [3.63, 3.8) is 0 Å². The summed E-state index contributed by atoms with van der Waals surface area (Å²) >= 11 is 6.21. The summed E-state index contributed by atoms with van der Waals surface area (Å²) in [6.45, 7) is 2.70. The van der Waals surface area contributed by atoms with E-state index >= 15 is 0 Å². The zero-order valence-corrected chi connectivity index (χ0v) is 12.5. The lowest BCUT2D eigenvalue weighted by Crippen LogP contribution is -2.18. The van der Waals surface area contributed by atoms with Crippen LogP contribution in [0.15, 0.2) is 28.7 Å². The summed E-state index contributed by atoms with van der Waals surface area (Å²) in [7, 11) is 1.94. The van der Waals surface area contributed by atoms with Gasteiger partial charge in [0.2, 0.25) is 0 Å². The maximum atomic E-state index is 6.21. The fraction of sp³-hybridized carbons (Fsp3) is 0.375. The Kier molecular flexibility index (Phi) is 3.72. The summed E-state index contributed by atoms with van der Waals surface area (Å²) < 4.78 is 11.5. The molecule has 0 amide bonds. The Morgan fingerprint density at radius 2 is 2.20 bits per heavy atom. The fourth-order valence-electron chi connectivity index (χ4n) is 2.70. The summed E-state index contributed by atoms with van der Waals surface area (Å²) in [4.78, 5) is 0. The predicted octanol–water partition coefficient (Wildman–Crippen LogP) is 3.68. The van der Waals surface area contributed by atoms with E-state index in [1.54, 1.807) is 0 Å². The van der Waals surface area contributed by atoms with Crippen molar-refractivity contribution in [2.45, 2.75) is 25.8 Å². The number of halogens is 1. The van der Waals surface area contributed by atoms with Gasteiger partial charge >= 0.3 is 0 Å². The average molecular weight is 292 g/mol. The molecule has 106 valence electrons. The van der Waals surface area contributed by atoms with Crippen LogP contribution in [0.3, 0.4) is 0 Å². The molecule has 1 aromatic heterocycles. The molecule has 20 heavy (non-hydrogen) atoms. The van der Waals surface area contributed by atoms with Gasteiger partial charge in [-0.3, -0.25) is 0 Å². The van der Waals surface area contributed by atoms with Gasteiger partial charge in [-0.25, -0.2) is 0 Å². The van der Waals surface area contributed by atoms with Gasteiger partial charge in [-0.1, -0.05) is 11.6 Å². The SMILES string of the molecule is CNC(Cc1cc(Cl)cc2c1OCC2)c1ccc(C)o1. The number of benzene rings is 1. The number of rotatable bonds is 4. The molecule has 3 nitrogen and oxygen atoms in total. The molecule has 0 radical (unpaired) electrons. The molecule has 0 saturated carbocycles. The fourth-order valence-corrected chi connectivity index (χ4v) is 2.97. The van der Waals surface area contributed by atoms with Crippen molar-refractivity contribution < 1.29 is 9.15 Å². The van der Waals surface area contributed by atoms with E-state index in [0.29, 0.717) is 0 Å². The molecule has 1 unspecified atom stereocenters. The third-order valence-corrected chi connectivity index (χ3v) is 3.92. The van der Waals surface area contributed by atoms with Crippen LogP contribution in [0.4, 0.5) is 0 Å². The van der Waals surface area contributed by atoms with Gasteiger partial charge < -0.3 is 14.5 Å². The molecule has 0 aliphatic carbocycles. The standard InChI is InChI=1S/C16H18ClNO2/c1-10-3-4-15(20-10)14(18-2)9-12-8-13(17)7-11-5-6-19-16(11)12/h3-4,7-8,14,18H,5-6,9H2,1-2H3. The highest BCUT2D eigenvalue weighted by molar-refractivity contribution is 6.30. The second-order valence-electron chi connectivity index (χ2n) is 5.15. The summed E-state index contributed by atoms with van der Waals surface area (Å²) in [5.74, 6) is 2.86. The summed E-state index contributed by atoms with van der Waals surface area (Å²) in [6, 6.07) is 8.11. The third kappa shape index (κ3) is 2.56. The van der Waals surface area contributed by atoms with E-state index in [4.69, 9.17) is 20.8 Å². The van der Waals surface area contributed by atoms with Gasteiger partial charge in [-0.2, -0.15) is 0 Å². The lowest BCUT2D eigenvalue weighted by atomic mass is 10.0. The molecule has 0 spiro atoms. The molecule has 2 heterocycles. The Morgan fingerprint density at radius 3 is 2.90 bits per heavy atom. The second kappa shape index (κ2) is 5.51. The number of ether oxygens (including phenoxy) is 1. The molecule has 1 aliphatic heterocycles. The van der Waals surface area contributed by atoms with Crippen LogP contribution in [0, 0.1) is 6.92 Å². The van der Waals surface area contributed by atoms with Gasteiger partial charge in [-0.05, 0) is 55.8 Å². The number of hydrogen-bond donors (Lipinski definition) is 1. The first-order valence-electron chi connectivity index (χ1n) is 6.85. The molecule has 1 aromatic carbocycles. The van der Waals surface area contributed by atoms with Crippen LogP contribution < -0.4 is 10.1 Å². The summed E-state index contributed by atoms with van der Waals surface area (Å²) in [6.07, 6.45) is 1.74. The Balaban J connectivity index is 1.90. The molecule has 1 atom stereocenters. The van der Waals surface area contributed by atoms with Gasteiger partial charge in [-0.15, -0.1) is 0 Å². The molecule has 1 N–H and O–H groups in total. The van der Waals surface area contributed by atoms with E-state index in [0.717, 1.165) is 47.3 Å². The van der Waals surface area contributed by atoms with E-state index in [1.165, 1.54) is 5.56 Å². The molecule has 4 heteroatoms. The maximum absolute atomic E-state index is 6.21. The molecular weight excluding hydrogens is 274 g/mol. The highest BCUT2D eigenvalue weighted by Gasteiger charge is 2.21. The van der Waals surface area contributed by atoms with Crippen molar-refractivity contribution >= 4 is 11.6 Å². The minimum absolute atomic E-state index is 0.121. The lowest BCUT2D eigenvalue weighted by molar-refractivity contribution is 0.349. The number of likely N-dealkylation sites (N-methyl/N-ethyl adjacent to an activating group) is 1. The largest absolute Gasteiger partial charge is 0.493 e. The Morgan fingerprint density at radius 1 is 1.35 bits per heavy atom. The number of aryl methyl sites for hydroxylation is 1. The van der Waals surface area contributed by atoms with Crippen molar-refractivity contribution in [1.82, 2.24) is 5.32 Å². The highest BCUT2D eigenvalue weighted by atomic mass is 35.5. The van der Waals surface area contributed by atoms with Gasteiger partial charge in [0.1, 0.15) is 17.3 Å². The first-order chi connectivity index (χ1) is 9.67. The van der Waals surface area contributed by atoms with Crippen molar-refractivity contribution in [1.29, 1.82) is 0 Å². The van der Waals surface area contributed by atoms with Crippen molar-refractivity contribution in [2.75, 3.05) is 13.7 Å². The monoisotopic (exact) mass is 291 g/mol. The van der Waals surface area contributed by atoms with Crippen LogP contribution in [0.5, 0.6) is 5.75 Å². The van der Waals surface area contributed by atoms with E-state index in [9.17, 15) is 0 Å². The highest BCUT2D eigenvalue weighted by Crippen LogP contribution is 2.35. The molecule has 3 rings (SSSR count). The van der Waals surface area contributed by atoms with E-state index in [2.05, 4.69) is 5.32 Å². The number of nitrogens with one attached hydrogen (secondary N) is 1. The maximum Gasteiger partial charge on any atom is 0.125 e. The smallest absolute Gasteiger partial charge is 0.125 e. The minimum Gasteiger partial charge on any atom is -0.493 e. The van der Waals surface area contributed by atoms with E-state index in [1.807, 2.05) is 38.2 Å². The van der Waals surface area contributed by atoms with Crippen LogP contribution >= 0.6 is 11.6 Å². The zero-order valence-electron chi connectivity index (χ0n) is 11.7. The van der Waals surface area contributed by atoms with E-state index in [-0.39, 0.29) is 6.04 Å². The Hall–Kier alpha value is -1.45. The van der Waals surface area contributed by atoms with Crippen molar-refractivity contribution in [3.8, 4) is 5.75 Å². The molecule has 2 aromatic rings. The number of fused-ring (bicyclic) bond motifs is 1. The normalized spacial score (nSPS) is 14.9.